The van der Waals surface area contributed by atoms with Crippen LogP contribution < -0.4 is 5.73 Å². The molecule has 0 saturated heterocycles. The number of nitriles is 1. The number of nitrogens with two attached hydrogens (primary N) is 1. The summed E-state index contributed by atoms with van der Waals surface area (Å²) in [6.45, 7) is 0. The summed E-state index contributed by atoms with van der Waals surface area (Å²) in [5, 5.41) is 11.7. The predicted octanol–water partition coefficient (Wildman–Crippen LogP) is 3.17. The Balaban J connectivity index is 1.99. The third-order valence-corrected chi connectivity index (χ3v) is 3.74. The zero-order chi connectivity index (χ0) is 13.2. The molecule has 92 valence electrons. The first kappa shape index (κ1) is 11.6. The normalized spacial score (nSPS) is 10.5. The Morgan fingerprint density at radius 1 is 1.26 bits per heavy atom. The number of hydrogen-bond acceptors (Lipinski definition) is 4. The van der Waals surface area contributed by atoms with Crippen LogP contribution >= 0.6 is 11.8 Å². The second-order valence-electron chi connectivity index (χ2n) is 4.01. The summed E-state index contributed by atoms with van der Waals surface area (Å²) >= 11 is 1.43. The molecular weight excluding hydrogens is 256 g/mol. The highest BCUT2D eigenvalue weighted by Gasteiger charge is 2.09. The van der Waals surface area contributed by atoms with E-state index in [1.807, 2.05) is 30.3 Å². The van der Waals surface area contributed by atoms with Crippen LogP contribution in [-0.2, 0) is 0 Å². The summed E-state index contributed by atoms with van der Waals surface area (Å²) in [6.07, 6.45) is 1.60. The molecule has 0 aliphatic heterocycles. The summed E-state index contributed by atoms with van der Waals surface area (Å²) in [5.74, 6) is 0. The van der Waals surface area contributed by atoms with Gasteiger partial charge in [0, 0.05) is 17.1 Å². The molecule has 0 amide bonds. The highest BCUT2D eigenvalue weighted by molar-refractivity contribution is 7.99. The van der Waals surface area contributed by atoms with Crippen molar-refractivity contribution < 1.29 is 0 Å². The molecule has 3 aromatic rings. The van der Waals surface area contributed by atoms with E-state index in [2.05, 4.69) is 16.0 Å². The number of fused-ring (bicyclic) bond motifs is 1. The van der Waals surface area contributed by atoms with Gasteiger partial charge in [0.15, 0.2) is 0 Å². The lowest BCUT2D eigenvalue weighted by molar-refractivity contribution is 1.12. The number of nitrogen functional groups attached to an aromatic ring is 1. The third-order valence-electron chi connectivity index (χ3n) is 2.79. The first-order valence-electron chi connectivity index (χ1n) is 5.68. The fraction of sp³-hybridized carbons (Fsp3) is 0. The van der Waals surface area contributed by atoms with Crippen molar-refractivity contribution in [3.8, 4) is 6.07 Å². The molecule has 1 aromatic carbocycles. The van der Waals surface area contributed by atoms with Gasteiger partial charge in [-0.05, 0) is 18.2 Å². The number of H-pyrrole nitrogens is 1. The van der Waals surface area contributed by atoms with Crippen LogP contribution in [0.1, 0.15) is 5.56 Å². The molecule has 3 N–H and O–H groups in total. The first-order valence-corrected chi connectivity index (χ1v) is 6.50. The molecule has 0 aliphatic rings. The van der Waals surface area contributed by atoms with Crippen molar-refractivity contribution in [3.63, 3.8) is 0 Å². The van der Waals surface area contributed by atoms with Crippen molar-refractivity contribution >= 4 is 28.4 Å². The zero-order valence-electron chi connectivity index (χ0n) is 9.92. The Hall–Kier alpha value is -2.45. The second kappa shape index (κ2) is 4.67. The van der Waals surface area contributed by atoms with Gasteiger partial charge in [0.05, 0.1) is 16.3 Å². The molecule has 0 aliphatic carbocycles. The van der Waals surface area contributed by atoms with E-state index in [-0.39, 0.29) is 0 Å². The molecule has 2 aromatic heterocycles. The lowest BCUT2D eigenvalue weighted by Gasteiger charge is -2.03. The largest absolute Gasteiger partial charge is 0.395 e. The average molecular weight is 266 g/mol. The Morgan fingerprint density at radius 3 is 2.89 bits per heavy atom. The van der Waals surface area contributed by atoms with Gasteiger partial charge in [-0.1, -0.05) is 30.0 Å². The summed E-state index contributed by atoms with van der Waals surface area (Å²) in [5.41, 5.74) is 7.86. The Labute approximate surface area is 114 Å². The monoisotopic (exact) mass is 266 g/mol. The van der Waals surface area contributed by atoms with Crippen LogP contribution in [0.2, 0.25) is 0 Å². The summed E-state index contributed by atoms with van der Waals surface area (Å²) in [6, 6.07) is 13.7. The maximum Gasteiger partial charge on any atom is 0.126 e. The topological polar surface area (TPSA) is 78.5 Å². The number of aromatic nitrogens is 2. The van der Waals surface area contributed by atoms with E-state index in [1.165, 1.54) is 11.8 Å². The number of anilines is 1. The Kier molecular flexibility index (Phi) is 2.86. The van der Waals surface area contributed by atoms with Crippen molar-refractivity contribution in [2.75, 3.05) is 5.73 Å². The maximum absolute atomic E-state index is 8.95. The molecule has 3 rings (SSSR count). The van der Waals surface area contributed by atoms with Crippen LogP contribution in [0, 0.1) is 11.3 Å². The molecule has 0 saturated carbocycles. The van der Waals surface area contributed by atoms with Crippen molar-refractivity contribution in [1.29, 1.82) is 5.26 Å². The predicted molar refractivity (Wildman–Crippen MR) is 75.8 cm³/mol. The SMILES string of the molecule is N#Cc1ccnc(Sc2cc3ccccc3[nH]2)c1N. The standard InChI is InChI=1S/C14H10N4S/c15-8-10-5-6-17-14(13(10)16)19-12-7-9-3-1-2-4-11(9)18-12/h1-7,18H,16H2. The number of nitrogens with zero attached hydrogens (tertiary/aromatic N) is 2. The molecule has 0 spiro atoms. The van der Waals surface area contributed by atoms with Gasteiger partial charge in [0.1, 0.15) is 11.1 Å². The van der Waals surface area contributed by atoms with Crippen LogP contribution in [0.25, 0.3) is 10.9 Å². The van der Waals surface area contributed by atoms with Crippen LogP contribution in [0.5, 0.6) is 0 Å². The molecule has 2 heterocycles. The zero-order valence-corrected chi connectivity index (χ0v) is 10.7. The number of aromatic amines is 1. The highest BCUT2D eigenvalue weighted by atomic mass is 32.2. The summed E-state index contributed by atoms with van der Waals surface area (Å²) < 4.78 is 0. The number of benzene rings is 1. The number of para-hydroxylation sites is 1. The van der Waals surface area contributed by atoms with E-state index < -0.39 is 0 Å². The van der Waals surface area contributed by atoms with E-state index in [9.17, 15) is 0 Å². The number of nitrogens with one attached hydrogen (secondary N) is 1. The second-order valence-corrected chi connectivity index (χ2v) is 5.04. The summed E-state index contributed by atoms with van der Waals surface area (Å²) in [4.78, 5) is 7.51. The van der Waals surface area contributed by atoms with Gasteiger partial charge in [-0.25, -0.2) is 4.98 Å². The van der Waals surface area contributed by atoms with E-state index in [1.54, 1.807) is 12.3 Å². The van der Waals surface area contributed by atoms with E-state index in [0.29, 0.717) is 16.3 Å². The van der Waals surface area contributed by atoms with Crippen molar-refractivity contribution in [1.82, 2.24) is 9.97 Å². The van der Waals surface area contributed by atoms with Gasteiger partial charge in [0.25, 0.3) is 0 Å². The Morgan fingerprint density at radius 2 is 2.11 bits per heavy atom. The van der Waals surface area contributed by atoms with Crippen molar-refractivity contribution in [3.05, 3.63) is 48.2 Å². The van der Waals surface area contributed by atoms with E-state index in [4.69, 9.17) is 11.0 Å². The van der Waals surface area contributed by atoms with Crippen LogP contribution in [0.15, 0.2) is 52.6 Å². The molecule has 0 radical (unpaired) electrons. The fourth-order valence-corrected chi connectivity index (χ4v) is 2.73. The van der Waals surface area contributed by atoms with Gasteiger partial charge in [-0.15, -0.1) is 0 Å². The van der Waals surface area contributed by atoms with E-state index in [0.717, 1.165) is 15.9 Å². The van der Waals surface area contributed by atoms with Crippen LogP contribution in [0.3, 0.4) is 0 Å². The molecular formula is C14H10N4S. The molecule has 4 nitrogen and oxygen atoms in total. The van der Waals surface area contributed by atoms with Gasteiger partial charge in [-0.2, -0.15) is 5.26 Å². The molecule has 0 fully saturated rings. The fourth-order valence-electron chi connectivity index (χ4n) is 1.84. The highest BCUT2D eigenvalue weighted by Crippen LogP contribution is 2.32. The average Bonchev–Trinajstić information content (AvgIpc) is 2.83. The Bertz CT molecular complexity index is 752. The molecule has 0 unspecified atom stereocenters. The quantitative estimate of drug-likeness (QED) is 0.746. The van der Waals surface area contributed by atoms with Crippen LogP contribution in [-0.4, -0.2) is 9.97 Å². The van der Waals surface area contributed by atoms with Crippen LogP contribution in [0.4, 0.5) is 5.69 Å². The minimum absolute atomic E-state index is 0.425. The van der Waals surface area contributed by atoms with Crippen molar-refractivity contribution in [2.45, 2.75) is 10.1 Å². The third kappa shape index (κ3) is 2.14. The smallest absolute Gasteiger partial charge is 0.126 e. The maximum atomic E-state index is 8.95. The van der Waals surface area contributed by atoms with Gasteiger partial charge in [-0.3, -0.25) is 0 Å². The lowest BCUT2D eigenvalue weighted by atomic mass is 10.2. The van der Waals surface area contributed by atoms with Crippen molar-refractivity contribution in [2.24, 2.45) is 0 Å². The molecule has 5 heteroatoms. The van der Waals surface area contributed by atoms with E-state index >= 15 is 0 Å². The lowest BCUT2D eigenvalue weighted by Crippen LogP contribution is -1.95. The first-order chi connectivity index (χ1) is 9.28. The van der Waals surface area contributed by atoms with Gasteiger partial charge >= 0.3 is 0 Å². The molecule has 0 bridgehead atoms. The number of rotatable bonds is 2. The molecule has 0 atom stereocenters. The summed E-state index contributed by atoms with van der Waals surface area (Å²) in [7, 11) is 0. The van der Waals surface area contributed by atoms with Gasteiger partial charge < -0.3 is 10.7 Å². The minimum Gasteiger partial charge on any atom is -0.395 e. The van der Waals surface area contributed by atoms with Gasteiger partial charge in [0.2, 0.25) is 0 Å². The minimum atomic E-state index is 0.425. The number of hydrogen-bond donors (Lipinski definition) is 2. The number of pyridine rings is 1. The molecule has 19 heavy (non-hydrogen) atoms.